The molecule has 0 saturated carbocycles. The van der Waals surface area contributed by atoms with E-state index < -0.39 is 10.2 Å². The zero-order chi connectivity index (χ0) is 14.0. The largest absolute Gasteiger partial charge is 0.301 e. The summed E-state index contributed by atoms with van der Waals surface area (Å²) >= 11 is 1.57. The summed E-state index contributed by atoms with van der Waals surface area (Å²) in [5.41, 5.74) is 2.27. The Morgan fingerprint density at radius 2 is 2.05 bits per heavy atom. The monoisotopic (exact) mass is 297 g/mol. The summed E-state index contributed by atoms with van der Waals surface area (Å²) in [6, 6.07) is 7.19. The molecule has 102 valence electrons. The van der Waals surface area contributed by atoms with Gasteiger partial charge in [0.15, 0.2) is 0 Å². The summed E-state index contributed by atoms with van der Waals surface area (Å²) in [6.45, 7) is 1.94. The topological polar surface area (TPSA) is 62.3 Å². The summed E-state index contributed by atoms with van der Waals surface area (Å²) < 4.78 is 27.1. The minimum Gasteiger partial charge on any atom is -0.271 e. The number of nitrogens with zero attached hydrogens (tertiary/aromatic N) is 2. The van der Waals surface area contributed by atoms with Crippen LogP contribution in [0.2, 0.25) is 0 Å². The molecule has 0 fully saturated rings. The van der Waals surface area contributed by atoms with Crippen LogP contribution in [0.4, 0.5) is 5.69 Å². The number of thiazole rings is 1. The molecule has 0 aliphatic heterocycles. The molecule has 7 heteroatoms. The van der Waals surface area contributed by atoms with Crippen molar-refractivity contribution < 1.29 is 8.42 Å². The van der Waals surface area contributed by atoms with Gasteiger partial charge in [-0.05, 0) is 19.1 Å². The van der Waals surface area contributed by atoms with Crippen LogP contribution in [0.15, 0.2) is 29.6 Å². The second-order valence-corrected chi connectivity index (χ2v) is 7.17. The Kier molecular flexibility index (Phi) is 3.88. The van der Waals surface area contributed by atoms with Gasteiger partial charge in [-0.25, -0.2) is 4.98 Å². The van der Waals surface area contributed by atoms with Gasteiger partial charge in [0.05, 0.1) is 16.4 Å². The van der Waals surface area contributed by atoms with E-state index >= 15 is 0 Å². The van der Waals surface area contributed by atoms with E-state index in [9.17, 15) is 8.42 Å². The van der Waals surface area contributed by atoms with Crippen LogP contribution in [-0.2, 0) is 10.2 Å². The normalized spacial score (nSPS) is 11.8. The fraction of sp³-hybridized carbons (Fsp3) is 0.250. The molecule has 1 aromatic carbocycles. The molecule has 1 heterocycles. The van der Waals surface area contributed by atoms with E-state index in [1.807, 2.05) is 18.4 Å². The average Bonchev–Trinajstić information content (AvgIpc) is 2.75. The van der Waals surface area contributed by atoms with E-state index in [-0.39, 0.29) is 0 Å². The van der Waals surface area contributed by atoms with Gasteiger partial charge in [-0.15, -0.1) is 11.3 Å². The number of anilines is 1. The predicted octanol–water partition coefficient (Wildman–Crippen LogP) is 2.34. The molecule has 2 aromatic rings. The molecule has 0 aliphatic carbocycles. The molecule has 1 N–H and O–H groups in total. The summed E-state index contributed by atoms with van der Waals surface area (Å²) in [6.07, 6.45) is 0. The Balaban J connectivity index is 2.30. The molecule has 0 amide bonds. The smallest absolute Gasteiger partial charge is 0.271 e. The third kappa shape index (κ3) is 3.31. The molecule has 0 aliphatic rings. The number of aryl methyl sites for hydroxylation is 1. The maximum atomic E-state index is 11.8. The molecule has 0 atom stereocenters. The van der Waals surface area contributed by atoms with Crippen molar-refractivity contribution in [2.75, 3.05) is 18.8 Å². The quantitative estimate of drug-likeness (QED) is 0.942. The molecule has 5 nitrogen and oxygen atoms in total. The van der Waals surface area contributed by atoms with Gasteiger partial charge in [0, 0.05) is 25.0 Å². The zero-order valence-corrected chi connectivity index (χ0v) is 12.5. The molecule has 2 rings (SSSR count). The number of nitrogens with one attached hydrogen (secondary N) is 1. The molecule has 0 saturated heterocycles. The van der Waals surface area contributed by atoms with E-state index in [4.69, 9.17) is 0 Å². The van der Waals surface area contributed by atoms with E-state index in [1.54, 1.807) is 29.5 Å². The standard InChI is InChI=1S/C12H15N3O2S2/c1-9-13-12(8-18-9)10-5-4-6-11(7-10)14-19(16,17)15(2)3/h4-8,14H,1-3H3. The summed E-state index contributed by atoms with van der Waals surface area (Å²) in [7, 11) is -0.515. The van der Waals surface area contributed by atoms with Crippen molar-refractivity contribution in [2.24, 2.45) is 0 Å². The van der Waals surface area contributed by atoms with E-state index in [0.717, 1.165) is 20.6 Å². The first-order valence-corrected chi connectivity index (χ1v) is 7.93. The summed E-state index contributed by atoms with van der Waals surface area (Å²) in [5, 5.41) is 2.93. The van der Waals surface area contributed by atoms with Gasteiger partial charge in [0.1, 0.15) is 0 Å². The Morgan fingerprint density at radius 3 is 2.63 bits per heavy atom. The SMILES string of the molecule is Cc1nc(-c2cccc(NS(=O)(=O)N(C)C)c2)cs1. The lowest BCUT2D eigenvalue weighted by molar-refractivity contribution is 0.527. The van der Waals surface area contributed by atoms with Crippen LogP contribution in [0.25, 0.3) is 11.3 Å². The van der Waals surface area contributed by atoms with Gasteiger partial charge in [-0.3, -0.25) is 4.72 Å². The molecular formula is C12H15N3O2S2. The Labute approximate surface area is 117 Å². The molecular weight excluding hydrogens is 282 g/mol. The first-order chi connectivity index (χ1) is 8.88. The molecule has 1 aromatic heterocycles. The second-order valence-electron chi connectivity index (χ2n) is 4.22. The van der Waals surface area contributed by atoms with Gasteiger partial charge in [0.25, 0.3) is 0 Å². The van der Waals surface area contributed by atoms with Gasteiger partial charge in [0.2, 0.25) is 0 Å². The third-order valence-corrected chi connectivity index (χ3v) is 4.73. The molecule has 0 radical (unpaired) electrons. The minimum absolute atomic E-state index is 0.525. The molecule has 19 heavy (non-hydrogen) atoms. The predicted molar refractivity (Wildman–Crippen MR) is 78.5 cm³/mol. The Bertz CT molecular complexity index is 678. The van der Waals surface area contributed by atoms with Crippen molar-refractivity contribution in [3.8, 4) is 11.3 Å². The third-order valence-electron chi connectivity index (χ3n) is 2.50. The van der Waals surface area contributed by atoms with Crippen LogP contribution < -0.4 is 4.72 Å². The van der Waals surface area contributed by atoms with Crippen molar-refractivity contribution in [3.05, 3.63) is 34.7 Å². The van der Waals surface area contributed by atoms with Crippen molar-refractivity contribution in [1.29, 1.82) is 0 Å². The number of benzene rings is 1. The lowest BCUT2D eigenvalue weighted by Crippen LogP contribution is -2.28. The maximum absolute atomic E-state index is 11.8. The summed E-state index contributed by atoms with van der Waals surface area (Å²) in [5.74, 6) is 0. The first-order valence-electron chi connectivity index (χ1n) is 5.61. The van der Waals surface area contributed by atoms with Crippen LogP contribution in [-0.4, -0.2) is 31.8 Å². The van der Waals surface area contributed by atoms with Crippen LogP contribution in [0, 0.1) is 6.92 Å². The highest BCUT2D eigenvalue weighted by molar-refractivity contribution is 7.90. The zero-order valence-electron chi connectivity index (χ0n) is 10.9. The van der Waals surface area contributed by atoms with E-state index in [2.05, 4.69) is 9.71 Å². The lowest BCUT2D eigenvalue weighted by Gasteiger charge is -2.13. The first kappa shape index (κ1) is 14.0. The fourth-order valence-electron chi connectivity index (χ4n) is 1.48. The minimum atomic E-state index is -3.48. The van der Waals surface area contributed by atoms with Crippen molar-refractivity contribution >= 4 is 27.2 Å². The van der Waals surface area contributed by atoms with Crippen LogP contribution in [0.1, 0.15) is 5.01 Å². The average molecular weight is 297 g/mol. The number of hydrogen-bond donors (Lipinski definition) is 1. The highest BCUT2D eigenvalue weighted by atomic mass is 32.2. The second kappa shape index (κ2) is 5.28. The summed E-state index contributed by atoms with van der Waals surface area (Å²) in [4.78, 5) is 4.38. The lowest BCUT2D eigenvalue weighted by atomic mass is 10.1. The van der Waals surface area contributed by atoms with Crippen molar-refractivity contribution in [2.45, 2.75) is 6.92 Å². The van der Waals surface area contributed by atoms with Gasteiger partial charge in [-0.2, -0.15) is 12.7 Å². The highest BCUT2D eigenvalue weighted by Crippen LogP contribution is 2.24. The van der Waals surface area contributed by atoms with Crippen molar-refractivity contribution in [3.63, 3.8) is 0 Å². The molecule has 0 spiro atoms. The number of aromatic nitrogens is 1. The maximum Gasteiger partial charge on any atom is 0.301 e. The molecule has 0 bridgehead atoms. The number of rotatable bonds is 4. The van der Waals surface area contributed by atoms with Crippen LogP contribution in [0.3, 0.4) is 0 Å². The van der Waals surface area contributed by atoms with Gasteiger partial charge >= 0.3 is 10.2 Å². The number of hydrogen-bond acceptors (Lipinski definition) is 4. The Hall–Kier alpha value is -1.44. The Morgan fingerprint density at radius 1 is 1.32 bits per heavy atom. The van der Waals surface area contributed by atoms with E-state index in [0.29, 0.717) is 5.69 Å². The van der Waals surface area contributed by atoms with Crippen LogP contribution >= 0.6 is 11.3 Å². The van der Waals surface area contributed by atoms with Crippen LogP contribution in [0.5, 0.6) is 0 Å². The van der Waals surface area contributed by atoms with E-state index in [1.165, 1.54) is 14.1 Å². The van der Waals surface area contributed by atoms with Gasteiger partial charge < -0.3 is 0 Å². The highest BCUT2D eigenvalue weighted by Gasteiger charge is 2.13. The van der Waals surface area contributed by atoms with Gasteiger partial charge in [-0.1, -0.05) is 12.1 Å². The molecule has 0 unspecified atom stereocenters. The van der Waals surface area contributed by atoms with Crippen molar-refractivity contribution in [1.82, 2.24) is 9.29 Å². The fourth-order valence-corrected chi connectivity index (χ4v) is 2.71.